The van der Waals surface area contributed by atoms with E-state index in [1.165, 1.54) is 11.1 Å². The van der Waals surface area contributed by atoms with E-state index in [2.05, 4.69) is 29.6 Å². The minimum absolute atomic E-state index is 0.00201. The summed E-state index contributed by atoms with van der Waals surface area (Å²) < 4.78 is 5.53. The molecule has 1 aliphatic carbocycles. The van der Waals surface area contributed by atoms with E-state index < -0.39 is 12.1 Å². The molecule has 0 spiro atoms. The third-order valence-electron chi connectivity index (χ3n) is 5.30. The summed E-state index contributed by atoms with van der Waals surface area (Å²) in [6.07, 6.45) is -0.106. The Morgan fingerprint density at radius 3 is 2.10 bits per heavy atom. The molecule has 0 aliphatic heterocycles. The average Bonchev–Trinajstić information content (AvgIpc) is 3.07. The fraction of sp³-hybridized carbons (Fsp3) is 0.208. The molecule has 0 heterocycles. The summed E-state index contributed by atoms with van der Waals surface area (Å²) in [4.78, 5) is 12.4. The number of carbonyl (C=O) groups excluding carboxylic acids is 1. The smallest absolute Gasteiger partial charge is 0.407 e. The normalized spacial score (nSPS) is 13.4. The maximum absolute atomic E-state index is 12.4. The Labute approximate surface area is 169 Å². The molecule has 5 heteroatoms. The second-order valence-electron chi connectivity index (χ2n) is 7.22. The van der Waals surface area contributed by atoms with Gasteiger partial charge in [-0.05, 0) is 46.4 Å². The van der Waals surface area contributed by atoms with Gasteiger partial charge in [-0.2, -0.15) is 0 Å². The van der Waals surface area contributed by atoms with Gasteiger partial charge in [0.25, 0.3) is 0 Å². The Kier molecular flexibility index (Phi) is 5.49. The highest BCUT2D eigenvalue weighted by Gasteiger charge is 2.29. The van der Waals surface area contributed by atoms with Gasteiger partial charge in [-0.15, -0.1) is 0 Å². The van der Waals surface area contributed by atoms with Crippen LogP contribution in [0.5, 0.6) is 5.75 Å². The number of carbonyl (C=O) groups is 1. The first-order chi connectivity index (χ1) is 14.2. The molecule has 3 N–H and O–H groups in total. The number of alkyl carbamates (subject to hydrolysis) is 1. The van der Waals surface area contributed by atoms with Crippen LogP contribution in [0.2, 0.25) is 0 Å². The third-order valence-corrected chi connectivity index (χ3v) is 5.30. The monoisotopic (exact) mass is 389 g/mol. The van der Waals surface area contributed by atoms with Crippen molar-refractivity contribution in [3.63, 3.8) is 0 Å². The van der Waals surface area contributed by atoms with E-state index in [9.17, 15) is 15.0 Å². The predicted molar refractivity (Wildman–Crippen MR) is 111 cm³/mol. The maximum atomic E-state index is 12.4. The number of phenolic OH excluding ortho intramolecular Hbond substituents is 1. The van der Waals surface area contributed by atoms with Crippen molar-refractivity contribution in [2.45, 2.75) is 18.4 Å². The van der Waals surface area contributed by atoms with Crippen LogP contribution >= 0.6 is 0 Å². The van der Waals surface area contributed by atoms with Gasteiger partial charge in [0.15, 0.2) is 0 Å². The number of benzene rings is 3. The average molecular weight is 389 g/mol. The van der Waals surface area contributed by atoms with Crippen LogP contribution in [0.15, 0.2) is 72.8 Å². The molecule has 0 radical (unpaired) electrons. The zero-order valence-electron chi connectivity index (χ0n) is 15.9. The van der Waals surface area contributed by atoms with E-state index in [0.717, 1.165) is 16.7 Å². The van der Waals surface area contributed by atoms with Gasteiger partial charge >= 0.3 is 6.09 Å². The van der Waals surface area contributed by atoms with Crippen LogP contribution in [0.4, 0.5) is 4.79 Å². The number of nitrogens with one attached hydrogen (secondary N) is 1. The number of phenols is 1. The summed E-state index contributed by atoms with van der Waals surface area (Å²) in [5.41, 5.74) is 5.57. The van der Waals surface area contributed by atoms with Crippen LogP contribution in [-0.4, -0.2) is 35.6 Å². The fourth-order valence-electron chi connectivity index (χ4n) is 3.88. The van der Waals surface area contributed by atoms with Crippen molar-refractivity contribution in [3.8, 4) is 16.9 Å². The van der Waals surface area contributed by atoms with Crippen LogP contribution in [-0.2, 0) is 11.2 Å². The number of ether oxygens (including phenoxy) is 1. The van der Waals surface area contributed by atoms with Crippen molar-refractivity contribution in [1.82, 2.24) is 5.32 Å². The van der Waals surface area contributed by atoms with E-state index in [1.54, 1.807) is 24.3 Å². The van der Waals surface area contributed by atoms with Crippen molar-refractivity contribution < 1.29 is 19.7 Å². The van der Waals surface area contributed by atoms with Crippen molar-refractivity contribution in [3.05, 3.63) is 89.5 Å². The first kappa shape index (κ1) is 19.0. The summed E-state index contributed by atoms with van der Waals surface area (Å²) in [5.74, 6) is 0.177. The summed E-state index contributed by atoms with van der Waals surface area (Å²) in [5, 5.41) is 21.7. The Morgan fingerprint density at radius 2 is 1.52 bits per heavy atom. The van der Waals surface area contributed by atoms with Crippen LogP contribution in [0.3, 0.4) is 0 Å². The summed E-state index contributed by atoms with van der Waals surface area (Å²) in [6.45, 7) is 0.0300. The van der Waals surface area contributed by atoms with Crippen LogP contribution in [0.25, 0.3) is 11.1 Å². The number of aliphatic hydroxyl groups excluding tert-OH is 1. The Hall–Kier alpha value is -3.31. The fourth-order valence-corrected chi connectivity index (χ4v) is 3.88. The maximum Gasteiger partial charge on any atom is 0.407 e. The van der Waals surface area contributed by atoms with Crippen LogP contribution < -0.4 is 5.32 Å². The highest BCUT2D eigenvalue weighted by molar-refractivity contribution is 5.79. The van der Waals surface area contributed by atoms with Gasteiger partial charge in [-0.3, -0.25) is 0 Å². The van der Waals surface area contributed by atoms with Crippen molar-refractivity contribution in [1.29, 1.82) is 0 Å². The largest absolute Gasteiger partial charge is 0.508 e. The second kappa shape index (κ2) is 8.37. The number of rotatable bonds is 6. The molecule has 0 fully saturated rings. The number of hydrogen-bond donors (Lipinski definition) is 3. The van der Waals surface area contributed by atoms with Crippen molar-refractivity contribution >= 4 is 6.09 Å². The molecule has 3 aromatic carbocycles. The Morgan fingerprint density at radius 1 is 0.931 bits per heavy atom. The van der Waals surface area contributed by atoms with Gasteiger partial charge in [-0.25, -0.2) is 4.79 Å². The van der Waals surface area contributed by atoms with Gasteiger partial charge in [0.2, 0.25) is 0 Å². The zero-order chi connectivity index (χ0) is 20.2. The Bertz CT molecular complexity index is 954. The van der Waals surface area contributed by atoms with Crippen molar-refractivity contribution in [2.75, 3.05) is 13.2 Å². The molecular formula is C24H23NO4. The quantitative estimate of drug-likeness (QED) is 0.599. The second-order valence-corrected chi connectivity index (χ2v) is 7.22. The zero-order valence-corrected chi connectivity index (χ0v) is 15.9. The minimum atomic E-state index is -0.551. The van der Waals surface area contributed by atoms with Crippen LogP contribution in [0.1, 0.15) is 22.6 Å². The summed E-state index contributed by atoms with van der Waals surface area (Å²) in [7, 11) is 0. The molecule has 1 amide bonds. The highest BCUT2D eigenvalue weighted by atomic mass is 16.5. The number of aliphatic hydroxyl groups is 1. The Balaban J connectivity index is 1.40. The van der Waals surface area contributed by atoms with Crippen molar-refractivity contribution in [2.24, 2.45) is 0 Å². The molecule has 4 rings (SSSR count). The highest BCUT2D eigenvalue weighted by Crippen LogP contribution is 2.44. The van der Waals surface area contributed by atoms with Crippen LogP contribution in [0, 0.1) is 0 Å². The van der Waals surface area contributed by atoms with Gasteiger partial charge in [-0.1, -0.05) is 60.7 Å². The summed E-state index contributed by atoms with van der Waals surface area (Å²) in [6, 6.07) is 22.6. The van der Waals surface area contributed by atoms with E-state index in [1.807, 2.05) is 24.3 Å². The number of hydrogen-bond acceptors (Lipinski definition) is 4. The predicted octanol–water partition coefficient (Wildman–Crippen LogP) is 3.83. The first-order valence-corrected chi connectivity index (χ1v) is 9.66. The molecular weight excluding hydrogens is 366 g/mol. The lowest BCUT2D eigenvalue weighted by atomic mass is 9.98. The third kappa shape index (κ3) is 4.10. The first-order valence-electron chi connectivity index (χ1n) is 9.66. The van der Waals surface area contributed by atoms with Gasteiger partial charge in [0.1, 0.15) is 12.4 Å². The molecule has 0 saturated carbocycles. The van der Waals surface area contributed by atoms with Gasteiger partial charge in [0.05, 0.1) is 12.6 Å². The number of aromatic hydroxyl groups is 1. The molecule has 5 nitrogen and oxygen atoms in total. The number of fused-ring (bicyclic) bond motifs is 3. The molecule has 0 bridgehead atoms. The van der Waals surface area contributed by atoms with E-state index in [0.29, 0.717) is 6.42 Å². The molecule has 148 valence electrons. The topological polar surface area (TPSA) is 78.8 Å². The molecule has 3 aromatic rings. The number of amides is 1. The molecule has 0 saturated heterocycles. The summed E-state index contributed by atoms with van der Waals surface area (Å²) >= 11 is 0. The lowest BCUT2D eigenvalue weighted by molar-refractivity contribution is 0.132. The molecule has 1 aliphatic rings. The SMILES string of the molecule is O=C(N[C@H](CO)Cc1ccc(O)cc1)OCC1c2ccccc2-c2ccccc21. The van der Waals surface area contributed by atoms with E-state index in [-0.39, 0.29) is 24.9 Å². The standard InChI is InChI=1S/C24H23NO4/c26-14-17(13-16-9-11-18(27)12-10-16)25-24(28)29-15-23-21-7-3-1-5-19(21)20-6-2-4-8-22(20)23/h1-12,17,23,26-27H,13-15H2,(H,25,28)/t17-/m0/s1. The molecule has 1 atom stereocenters. The van der Waals surface area contributed by atoms with Gasteiger partial charge in [0, 0.05) is 5.92 Å². The molecule has 0 unspecified atom stereocenters. The molecule has 0 aromatic heterocycles. The van der Waals surface area contributed by atoms with E-state index in [4.69, 9.17) is 4.74 Å². The van der Waals surface area contributed by atoms with Gasteiger partial charge < -0.3 is 20.3 Å². The lowest BCUT2D eigenvalue weighted by Crippen LogP contribution is -2.39. The molecule has 29 heavy (non-hydrogen) atoms. The van der Waals surface area contributed by atoms with E-state index >= 15 is 0 Å². The minimum Gasteiger partial charge on any atom is -0.508 e. The lowest BCUT2D eigenvalue weighted by Gasteiger charge is -2.18.